The van der Waals surface area contributed by atoms with Gasteiger partial charge in [0.1, 0.15) is 11.5 Å². The van der Waals surface area contributed by atoms with E-state index in [0.717, 1.165) is 37.4 Å². The van der Waals surface area contributed by atoms with Crippen molar-refractivity contribution < 1.29 is 14.2 Å². The first kappa shape index (κ1) is 22.8. The number of rotatable bonds is 11. The minimum Gasteiger partial charge on any atom is -0.497 e. The third-order valence-corrected chi connectivity index (χ3v) is 4.91. The van der Waals surface area contributed by atoms with Crippen molar-refractivity contribution in [3.05, 3.63) is 77.4 Å². The van der Waals surface area contributed by atoms with E-state index in [1.807, 2.05) is 24.3 Å². The third-order valence-electron chi connectivity index (χ3n) is 4.91. The topological polar surface area (TPSA) is 27.7 Å². The molecule has 0 amide bonds. The highest BCUT2D eigenvalue weighted by Crippen LogP contribution is 2.26. The van der Waals surface area contributed by atoms with Gasteiger partial charge in [0.25, 0.3) is 0 Å². The molecule has 156 valence electrons. The van der Waals surface area contributed by atoms with Crippen LogP contribution in [0.5, 0.6) is 11.5 Å². The second-order valence-electron chi connectivity index (χ2n) is 7.18. The SMILES string of the molecule is CCCCOC(C)/C=C(\C(C)=C/Cc1ccc(OC)cc1)c1ccc(OC)cc1. The number of hydrogen-bond donors (Lipinski definition) is 0. The van der Waals surface area contributed by atoms with Crippen molar-refractivity contribution in [2.45, 2.75) is 46.1 Å². The van der Waals surface area contributed by atoms with Crippen LogP contribution in [-0.2, 0) is 11.2 Å². The molecule has 2 aromatic rings. The molecular weight excluding hydrogens is 360 g/mol. The Morgan fingerprint density at radius 1 is 0.931 bits per heavy atom. The molecule has 0 fully saturated rings. The van der Waals surface area contributed by atoms with Gasteiger partial charge in [-0.2, -0.15) is 0 Å². The average molecular weight is 395 g/mol. The van der Waals surface area contributed by atoms with Gasteiger partial charge < -0.3 is 14.2 Å². The molecule has 3 nitrogen and oxygen atoms in total. The van der Waals surface area contributed by atoms with Crippen LogP contribution in [0, 0.1) is 0 Å². The summed E-state index contributed by atoms with van der Waals surface area (Å²) >= 11 is 0. The second kappa shape index (κ2) is 12.1. The number of hydrogen-bond acceptors (Lipinski definition) is 3. The van der Waals surface area contributed by atoms with Gasteiger partial charge in [0.15, 0.2) is 0 Å². The minimum atomic E-state index is 0.0583. The van der Waals surface area contributed by atoms with E-state index in [9.17, 15) is 0 Å². The van der Waals surface area contributed by atoms with Gasteiger partial charge in [-0.3, -0.25) is 0 Å². The minimum absolute atomic E-state index is 0.0583. The van der Waals surface area contributed by atoms with Crippen LogP contribution in [0.1, 0.15) is 44.7 Å². The molecule has 1 unspecified atom stereocenters. The summed E-state index contributed by atoms with van der Waals surface area (Å²) in [6.07, 6.45) is 7.65. The number of allylic oxidation sites excluding steroid dienone is 3. The molecule has 0 bridgehead atoms. The van der Waals surface area contributed by atoms with Crippen molar-refractivity contribution in [3.8, 4) is 11.5 Å². The summed E-state index contributed by atoms with van der Waals surface area (Å²) in [6.45, 7) is 7.24. The van der Waals surface area contributed by atoms with Crippen LogP contribution >= 0.6 is 0 Å². The molecule has 0 spiro atoms. The first-order chi connectivity index (χ1) is 14.1. The summed E-state index contributed by atoms with van der Waals surface area (Å²) in [5, 5.41) is 0. The van der Waals surface area contributed by atoms with E-state index in [-0.39, 0.29) is 6.10 Å². The van der Waals surface area contributed by atoms with Crippen LogP contribution in [0.25, 0.3) is 5.57 Å². The van der Waals surface area contributed by atoms with E-state index in [1.165, 1.54) is 22.3 Å². The highest BCUT2D eigenvalue weighted by Gasteiger charge is 2.08. The fraction of sp³-hybridized carbons (Fsp3) is 0.385. The zero-order valence-electron chi connectivity index (χ0n) is 18.4. The van der Waals surface area contributed by atoms with E-state index in [4.69, 9.17) is 14.2 Å². The Balaban J connectivity index is 2.23. The Labute approximate surface area is 176 Å². The summed E-state index contributed by atoms with van der Waals surface area (Å²) in [7, 11) is 3.38. The predicted octanol–water partition coefficient (Wildman–Crippen LogP) is 6.48. The van der Waals surface area contributed by atoms with Gasteiger partial charge in [0.05, 0.1) is 20.3 Å². The Bertz CT molecular complexity index is 786. The lowest BCUT2D eigenvalue weighted by molar-refractivity contribution is 0.0953. The lowest BCUT2D eigenvalue weighted by atomic mass is 9.95. The normalized spacial score (nSPS) is 13.3. The Morgan fingerprint density at radius 2 is 1.52 bits per heavy atom. The lowest BCUT2D eigenvalue weighted by Gasteiger charge is -2.15. The number of ether oxygens (including phenoxy) is 3. The highest BCUT2D eigenvalue weighted by molar-refractivity contribution is 5.79. The van der Waals surface area contributed by atoms with Gasteiger partial charge in [-0.25, -0.2) is 0 Å². The zero-order valence-corrected chi connectivity index (χ0v) is 18.4. The summed E-state index contributed by atoms with van der Waals surface area (Å²) in [5.74, 6) is 1.74. The van der Waals surface area contributed by atoms with Gasteiger partial charge in [0.2, 0.25) is 0 Å². The molecular formula is C26H34O3. The lowest BCUT2D eigenvalue weighted by Crippen LogP contribution is -2.07. The van der Waals surface area contributed by atoms with Gasteiger partial charge in [0, 0.05) is 6.61 Å². The molecule has 3 heteroatoms. The molecule has 0 radical (unpaired) electrons. The number of methoxy groups -OCH3 is 2. The third kappa shape index (κ3) is 7.43. The molecule has 2 aromatic carbocycles. The molecule has 2 rings (SSSR count). The van der Waals surface area contributed by atoms with Crippen molar-refractivity contribution >= 4 is 5.57 Å². The monoisotopic (exact) mass is 394 g/mol. The average Bonchev–Trinajstić information content (AvgIpc) is 2.76. The molecule has 0 aromatic heterocycles. The van der Waals surface area contributed by atoms with Crippen molar-refractivity contribution in [3.63, 3.8) is 0 Å². The van der Waals surface area contributed by atoms with Crippen LogP contribution in [0.2, 0.25) is 0 Å². The van der Waals surface area contributed by atoms with Crippen molar-refractivity contribution in [1.29, 1.82) is 0 Å². The van der Waals surface area contributed by atoms with E-state index in [1.54, 1.807) is 14.2 Å². The van der Waals surface area contributed by atoms with Crippen molar-refractivity contribution in [2.75, 3.05) is 20.8 Å². The molecule has 0 saturated carbocycles. The maximum Gasteiger partial charge on any atom is 0.118 e. The van der Waals surface area contributed by atoms with Crippen LogP contribution in [0.3, 0.4) is 0 Å². The fourth-order valence-electron chi connectivity index (χ4n) is 3.06. The van der Waals surface area contributed by atoms with Crippen LogP contribution < -0.4 is 9.47 Å². The smallest absolute Gasteiger partial charge is 0.118 e. The fourth-order valence-corrected chi connectivity index (χ4v) is 3.06. The summed E-state index contributed by atoms with van der Waals surface area (Å²) in [4.78, 5) is 0. The number of unbranched alkanes of at least 4 members (excludes halogenated alkanes) is 1. The quantitative estimate of drug-likeness (QED) is 0.322. The first-order valence-electron chi connectivity index (χ1n) is 10.3. The van der Waals surface area contributed by atoms with E-state index < -0.39 is 0 Å². The maximum absolute atomic E-state index is 5.98. The van der Waals surface area contributed by atoms with Crippen molar-refractivity contribution in [1.82, 2.24) is 0 Å². The highest BCUT2D eigenvalue weighted by atomic mass is 16.5. The molecule has 0 aliphatic carbocycles. The molecule has 0 aliphatic heterocycles. The van der Waals surface area contributed by atoms with Gasteiger partial charge in [-0.1, -0.05) is 43.7 Å². The molecule has 0 aliphatic rings. The Morgan fingerprint density at radius 3 is 2.07 bits per heavy atom. The van der Waals surface area contributed by atoms with Gasteiger partial charge in [-0.05, 0) is 79.3 Å². The summed E-state index contributed by atoms with van der Waals surface area (Å²) < 4.78 is 16.5. The standard InChI is InChI=1S/C26H34O3/c1-6-7-18-29-21(3)19-26(23-12-16-25(28-5)17-13-23)20(2)8-9-22-10-14-24(27-4)15-11-22/h8,10-17,19,21H,6-7,9,18H2,1-5H3/b20-8-,26-19+. The van der Waals surface area contributed by atoms with Crippen LogP contribution in [0.15, 0.2) is 66.3 Å². The first-order valence-corrected chi connectivity index (χ1v) is 10.3. The van der Waals surface area contributed by atoms with Gasteiger partial charge in [-0.15, -0.1) is 0 Å². The van der Waals surface area contributed by atoms with Crippen molar-refractivity contribution in [2.24, 2.45) is 0 Å². The van der Waals surface area contributed by atoms with Gasteiger partial charge >= 0.3 is 0 Å². The van der Waals surface area contributed by atoms with E-state index >= 15 is 0 Å². The largest absolute Gasteiger partial charge is 0.497 e. The molecule has 0 N–H and O–H groups in total. The van der Waals surface area contributed by atoms with E-state index in [2.05, 4.69) is 57.2 Å². The maximum atomic E-state index is 5.98. The number of benzene rings is 2. The molecule has 0 heterocycles. The summed E-state index contributed by atoms with van der Waals surface area (Å²) in [5.41, 5.74) is 4.86. The second-order valence-corrected chi connectivity index (χ2v) is 7.18. The summed E-state index contributed by atoms with van der Waals surface area (Å²) in [6, 6.07) is 16.4. The van der Waals surface area contributed by atoms with Crippen LogP contribution in [-0.4, -0.2) is 26.9 Å². The Kier molecular flexibility index (Phi) is 9.52. The zero-order chi connectivity index (χ0) is 21.1. The predicted molar refractivity (Wildman–Crippen MR) is 122 cm³/mol. The van der Waals surface area contributed by atoms with E-state index in [0.29, 0.717) is 0 Å². The Hall–Kier alpha value is -2.52. The molecule has 0 saturated heterocycles. The van der Waals surface area contributed by atoms with Crippen LogP contribution in [0.4, 0.5) is 0 Å². The molecule has 1 atom stereocenters. The molecule has 29 heavy (non-hydrogen) atoms.